The van der Waals surface area contributed by atoms with Crippen molar-refractivity contribution in [1.82, 2.24) is 5.16 Å². The van der Waals surface area contributed by atoms with E-state index in [9.17, 15) is 0 Å². The van der Waals surface area contributed by atoms with Gasteiger partial charge in [-0.15, -0.1) is 0 Å². The SMILES string of the molecule is CC(C)(C)c1onc2ccccc12. The average Bonchev–Trinajstić information content (AvgIpc) is 2.45. The minimum atomic E-state index is 0.0239. The lowest BCUT2D eigenvalue weighted by Gasteiger charge is -2.13. The summed E-state index contributed by atoms with van der Waals surface area (Å²) in [5, 5.41) is 5.13. The fourth-order valence-electron chi connectivity index (χ4n) is 1.43. The first-order valence-electron chi connectivity index (χ1n) is 4.44. The monoisotopic (exact) mass is 175 g/mol. The van der Waals surface area contributed by atoms with Crippen molar-refractivity contribution in [3.8, 4) is 0 Å². The van der Waals surface area contributed by atoms with Crippen molar-refractivity contribution in [2.45, 2.75) is 26.2 Å². The predicted octanol–water partition coefficient (Wildman–Crippen LogP) is 3.13. The molecule has 0 aliphatic rings. The van der Waals surface area contributed by atoms with Crippen LogP contribution < -0.4 is 0 Å². The van der Waals surface area contributed by atoms with Gasteiger partial charge in [0.15, 0.2) is 0 Å². The minimum absolute atomic E-state index is 0.0239. The van der Waals surface area contributed by atoms with Gasteiger partial charge < -0.3 is 4.52 Å². The summed E-state index contributed by atoms with van der Waals surface area (Å²) in [6.45, 7) is 6.37. The van der Waals surface area contributed by atoms with E-state index in [4.69, 9.17) is 4.52 Å². The normalized spacial score (nSPS) is 12.2. The zero-order chi connectivity index (χ0) is 9.47. The third-order valence-electron chi connectivity index (χ3n) is 2.07. The molecule has 0 atom stereocenters. The van der Waals surface area contributed by atoms with Crippen LogP contribution in [0.5, 0.6) is 0 Å². The van der Waals surface area contributed by atoms with E-state index < -0.39 is 0 Å². The molecule has 0 unspecified atom stereocenters. The number of hydrogen-bond donors (Lipinski definition) is 0. The van der Waals surface area contributed by atoms with E-state index in [2.05, 4.69) is 25.9 Å². The van der Waals surface area contributed by atoms with Crippen LogP contribution >= 0.6 is 0 Å². The molecule has 2 nitrogen and oxygen atoms in total. The number of rotatable bonds is 0. The molecule has 13 heavy (non-hydrogen) atoms. The second kappa shape index (κ2) is 2.59. The van der Waals surface area contributed by atoms with Gasteiger partial charge in [0.1, 0.15) is 11.3 Å². The summed E-state index contributed by atoms with van der Waals surface area (Å²) in [5.41, 5.74) is 0.961. The fourth-order valence-corrected chi connectivity index (χ4v) is 1.43. The summed E-state index contributed by atoms with van der Waals surface area (Å²) in [4.78, 5) is 0. The minimum Gasteiger partial charge on any atom is -0.360 e. The van der Waals surface area contributed by atoms with Gasteiger partial charge in [-0.25, -0.2) is 0 Å². The summed E-state index contributed by atoms with van der Waals surface area (Å²) in [5.74, 6) is 0.961. The first kappa shape index (κ1) is 8.30. The maximum atomic E-state index is 5.33. The number of benzene rings is 1. The molecular weight excluding hydrogens is 162 g/mol. The van der Waals surface area contributed by atoms with Crippen molar-refractivity contribution in [2.75, 3.05) is 0 Å². The summed E-state index contributed by atoms with van der Waals surface area (Å²) in [7, 11) is 0. The van der Waals surface area contributed by atoms with Gasteiger partial charge in [-0.1, -0.05) is 38.1 Å². The summed E-state index contributed by atoms with van der Waals surface area (Å²) < 4.78 is 5.33. The largest absolute Gasteiger partial charge is 0.360 e. The Hall–Kier alpha value is -1.31. The van der Waals surface area contributed by atoms with Crippen LogP contribution in [-0.2, 0) is 5.41 Å². The van der Waals surface area contributed by atoms with Gasteiger partial charge in [0, 0.05) is 10.8 Å². The Labute approximate surface area is 77.5 Å². The standard InChI is InChI=1S/C11H13NO/c1-11(2,3)10-8-6-4-5-7-9(8)12-13-10/h4-7H,1-3H3. The van der Waals surface area contributed by atoms with E-state index in [1.54, 1.807) is 0 Å². The Balaban J connectivity index is 2.72. The average molecular weight is 175 g/mol. The molecular formula is C11H13NO. The van der Waals surface area contributed by atoms with Gasteiger partial charge in [0.2, 0.25) is 0 Å². The quantitative estimate of drug-likeness (QED) is 0.614. The van der Waals surface area contributed by atoms with E-state index in [0.29, 0.717) is 0 Å². The van der Waals surface area contributed by atoms with Gasteiger partial charge in [0.25, 0.3) is 0 Å². The summed E-state index contributed by atoms with van der Waals surface area (Å²) >= 11 is 0. The molecule has 2 rings (SSSR count). The lowest BCUT2D eigenvalue weighted by molar-refractivity contribution is 0.336. The van der Waals surface area contributed by atoms with Crippen LogP contribution in [-0.4, -0.2) is 5.16 Å². The molecule has 2 heteroatoms. The molecule has 0 radical (unpaired) electrons. The van der Waals surface area contributed by atoms with Crippen molar-refractivity contribution in [1.29, 1.82) is 0 Å². The predicted molar refractivity (Wildman–Crippen MR) is 52.7 cm³/mol. The molecule has 0 saturated heterocycles. The summed E-state index contributed by atoms with van der Waals surface area (Å²) in [6.07, 6.45) is 0. The van der Waals surface area contributed by atoms with Crippen molar-refractivity contribution in [2.24, 2.45) is 0 Å². The second-order valence-electron chi connectivity index (χ2n) is 4.28. The summed E-state index contributed by atoms with van der Waals surface area (Å²) in [6, 6.07) is 7.99. The number of nitrogens with zero attached hydrogens (tertiary/aromatic N) is 1. The second-order valence-corrected chi connectivity index (χ2v) is 4.28. The van der Waals surface area contributed by atoms with E-state index in [1.807, 2.05) is 24.3 Å². The Morgan fingerprint density at radius 3 is 2.54 bits per heavy atom. The highest BCUT2D eigenvalue weighted by Crippen LogP contribution is 2.29. The van der Waals surface area contributed by atoms with E-state index in [-0.39, 0.29) is 5.41 Å². The Bertz CT molecular complexity index is 423. The number of hydrogen-bond acceptors (Lipinski definition) is 2. The fraction of sp³-hybridized carbons (Fsp3) is 0.364. The highest BCUT2D eigenvalue weighted by molar-refractivity contribution is 5.81. The third-order valence-corrected chi connectivity index (χ3v) is 2.07. The van der Waals surface area contributed by atoms with Crippen LogP contribution in [0.2, 0.25) is 0 Å². The third kappa shape index (κ3) is 1.32. The van der Waals surface area contributed by atoms with Crippen LogP contribution in [0.1, 0.15) is 26.5 Å². The molecule has 68 valence electrons. The highest BCUT2D eigenvalue weighted by Gasteiger charge is 2.21. The number of aromatic nitrogens is 1. The molecule has 2 aromatic rings. The van der Waals surface area contributed by atoms with E-state index in [0.717, 1.165) is 16.7 Å². The first-order chi connectivity index (χ1) is 6.09. The Morgan fingerprint density at radius 1 is 1.15 bits per heavy atom. The van der Waals surface area contributed by atoms with Gasteiger partial charge >= 0.3 is 0 Å². The highest BCUT2D eigenvalue weighted by atomic mass is 16.5. The van der Waals surface area contributed by atoms with Crippen molar-refractivity contribution < 1.29 is 4.52 Å². The van der Waals surface area contributed by atoms with E-state index in [1.165, 1.54) is 0 Å². The van der Waals surface area contributed by atoms with Gasteiger partial charge in [-0.3, -0.25) is 0 Å². The Morgan fingerprint density at radius 2 is 1.85 bits per heavy atom. The maximum absolute atomic E-state index is 5.33. The lowest BCUT2D eigenvalue weighted by Crippen LogP contribution is -2.09. The molecule has 1 aromatic carbocycles. The molecule has 0 fully saturated rings. The van der Waals surface area contributed by atoms with Crippen molar-refractivity contribution in [3.05, 3.63) is 30.0 Å². The molecule has 0 N–H and O–H groups in total. The number of fused-ring (bicyclic) bond motifs is 1. The van der Waals surface area contributed by atoms with Crippen LogP contribution in [0.25, 0.3) is 10.9 Å². The topological polar surface area (TPSA) is 26.0 Å². The van der Waals surface area contributed by atoms with Crippen LogP contribution in [0.3, 0.4) is 0 Å². The molecule has 0 spiro atoms. The lowest BCUT2D eigenvalue weighted by atomic mass is 9.91. The smallest absolute Gasteiger partial charge is 0.149 e. The molecule has 0 amide bonds. The molecule has 0 aliphatic carbocycles. The van der Waals surface area contributed by atoms with Gasteiger partial charge in [-0.05, 0) is 12.1 Å². The molecule has 1 aromatic heterocycles. The van der Waals surface area contributed by atoms with Gasteiger partial charge in [-0.2, -0.15) is 0 Å². The van der Waals surface area contributed by atoms with E-state index >= 15 is 0 Å². The van der Waals surface area contributed by atoms with Crippen molar-refractivity contribution in [3.63, 3.8) is 0 Å². The molecule has 0 aliphatic heterocycles. The van der Waals surface area contributed by atoms with Crippen LogP contribution in [0, 0.1) is 0 Å². The van der Waals surface area contributed by atoms with Gasteiger partial charge in [0.05, 0.1) is 0 Å². The van der Waals surface area contributed by atoms with Crippen LogP contribution in [0.15, 0.2) is 28.8 Å². The zero-order valence-corrected chi connectivity index (χ0v) is 8.16. The zero-order valence-electron chi connectivity index (χ0n) is 8.16. The Kier molecular flexibility index (Phi) is 1.65. The van der Waals surface area contributed by atoms with Crippen LogP contribution in [0.4, 0.5) is 0 Å². The first-order valence-corrected chi connectivity index (χ1v) is 4.44. The van der Waals surface area contributed by atoms with Crippen molar-refractivity contribution >= 4 is 10.9 Å². The molecule has 0 saturated carbocycles. The molecule has 1 heterocycles. The maximum Gasteiger partial charge on any atom is 0.149 e. The molecule has 0 bridgehead atoms.